The van der Waals surface area contributed by atoms with Crippen molar-refractivity contribution in [3.05, 3.63) is 29.8 Å². The average molecular weight is 399 g/mol. The van der Waals surface area contributed by atoms with Gasteiger partial charge in [-0.1, -0.05) is 12.1 Å². The van der Waals surface area contributed by atoms with E-state index < -0.39 is 0 Å². The van der Waals surface area contributed by atoms with E-state index in [0.29, 0.717) is 29.8 Å². The van der Waals surface area contributed by atoms with Gasteiger partial charge in [0.05, 0.1) is 0 Å². The molecule has 0 unspecified atom stereocenters. The Kier molecular flexibility index (Phi) is 5.93. The van der Waals surface area contributed by atoms with E-state index in [4.69, 9.17) is 0 Å². The van der Waals surface area contributed by atoms with E-state index in [-0.39, 0.29) is 5.91 Å². The topological polar surface area (TPSA) is 55.9 Å². The van der Waals surface area contributed by atoms with Gasteiger partial charge in [-0.3, -0.25) is 14.5 Å². The molecule has 4 rings (SSSR count). The fourth-order valence-electron chi connectivity index (χ4n) is 5.76. The van der Waals surface area contributed by atoms with Crippen molar-refractivity contribution >= 4 is 17.5 Å². The maximum atomic E-state index is 12.8. The van der Waals surface area contributed by atoms with E-state index in [1.54, 1.807) is 0 Å². The Morgan fingerprint density at radius 2 is 1.90 bits per heavy atom. The molecule has 0 radical (unpaired) electrons. The number of rotatable bonds is 5. The van der Waals surface area contributed by atoms with Gasteiger partial charge in [-0.2, -0.15) is 0 Å². The van der Waals surface area contributed by atoms with Gasteiger partial charge in [0.2, 0.25) is 11.8 Å². The monoisotopic (exact) mass is 398 g/mol. The minimum absolute atomic E-state index is 0.0416. The number of carbonyl (C=O) groups excluding carboxylic acids is 2. The SMILES string of the molecule is CC(=O)Nc1ccc(CN2C[C@H]3C[C@@H](C2)[C@H](CN(C)C)N2C(=O)CCC[C@@H]32)cc1. The molecule has 6 heteroatoms. The Bertz CT molecular complexity index is 748. The Morgan fingerprint density at radius 1 is 1.17 bits per heavy atom. The minimum atomic E-state index is -0.0416. The molecule has 3 heterocycles. The Balaban J connectivity index is 1.48. The van der Waals surface area contributed by atoms with Gasteiger partial charge in [-0.15, -0.1) is 0 Å². The number of nitrogens with one attached hydrogen (secondary N) is 1. The summed E-state index contributed by atoms with van der Waals surface area (Å²) in [5.74, 6) is 1.48. The highest BCUT2D eigenvalue weighted by atomic mass is 16.2. The normalized spacial score (nSPS) is 29.7. The molecule has 6 nitrogen and oxygen atoms in total. The molecule has 29 heavy (non-hydrogen) atoms. The van der Waals surface area contributed by atoms with Crippen LogP contribution in [-0.4, -0.2) is 72.3 Å². The summed E-state index contributed by atoms with van der Waals surface area (Å²) < 4.78 is 0. The lowest BCUT2D eigenvalue weighted by Gasteiger charge is -2.57. The molecule has 3 aliphatic heterocycles. The number of anilines is 1. The van der Waals surface area contributed by atoms with E-state index >= 15 is 0 Å². The first kappa shape index (κ1) is 20.4. The summed E-state index contributed by atoms with van der Waals surface area (Å²) in [6.45, 7) is 5.55. The number of likely N-dealkylation sites (N-methyl/N-ethyl adjacent to an activating group) is 1. The van der Waals surface area contributed by atoms with Crippen molar-refractivity contribution < 1.29 is 9.59 Å². The number of carbonyl (C=O) groups is 2. The van der Waals surface area contributed by atoms with Crippen LogP contribution in [0.5, 0.6) is 0 Å². The standard InChI is InChI=1S/C23H34N4O2/c1-16(28)24-20-9-7-17(8-10-20)12-26-13-18-11-19(14-26)22(15-25(2)3)27-21(18)5-4-6-23(27)29/h7-10,18-19,21-22H,4-6,11-15H2,1-3H3,(H,24,28)/t18-,19+,21+,22+/m1/s1. The summed E-state index contributed by atoms with van der Waals surface area (Å²) >= 11 is 0. The van der Waals surface area contributed by atoms with Gasteiger partial charge < -0.3 is 15.1 Å². The van der Waals surface area contributed by atoms with Gasteiger partial charge in [0.25, 0.3) is 0 Å². The number of amides is 2. The smallest absolute Gasteiger partial charge is 0.223 e. The zero-order chi connectivity index (χ0) is 20.5. The minimum Gasteiger partial charge on any atom is -0.335 e. The van der Waals surface area contributed by atoms with Gasteiger partial charge in [0, 0.05) is 57.3 Å². The number of fused-ring (bicyclic) bond motifs is 4. The molecule has 1 aromatic rings. The Hall–Kier alpha value is -1.92. The van der Waals surface area contributed by atoms with E-state index in [2.05, 4.69) is 46.2 Å². The molecular weight excluding hydrogens is 364 g/mol. The largest absolute Gasteiger partial charge is 0.335 e. The second-order valence-electron chi connectivity index (χ2n) is 9.42. The summed E-state index contributed by atoms with van der Waals surface area (Å²) in [6.07, 6.45) is 4.18. The van der Waals surface area contributed by atoms with Crippen LogP contribution in [-0.2, 0) is 16.1 Å². The molecule has 0 aromatic heterocycles. The first-order valence-corrected chi connectivity index (χ1v) is 11.0. The predicted molar refractivity (Wildman–Crippen MR) is 114 cm³/mol. The third kappa shape index (κ3) is 4.48. The van der Waals surface area contributed by atoms with Crippen LogP contribution in [0.4, 0.5) is 5.69 Å². The van der Waals surface area contributed by atoms with E-state index in [1.165, 1.54) is 18.9 Å². The van der Waals surface area contributed by atoms with E-state index in [0.717, 1.165) is 51.1 Å². The molecule has 0 spiro atoms. The van der Waals surface area contributed by atoms with Crippen LogP contribution in [0.15, 0.2) is 24.3 Å². The summed E-state index contributed by atoms with van der Waals surface area (Å²) in [6, 6.07) is 8.95. The van der Waals surface area contributed by atoms with Crippen LogP contribution < -0.4 is 5.32 Å². The zero-order valence-corrected chi connectivity index (χ0v) is 17.9. The van der Waals surface area contributed by atoms with Crippen LogP contribution in [0.2, 0.25) is 0 Å². The van der Waals surface area contributed by atoms with Crippen LogP contribution >= 0.6 is 0 Å². The van der Waals surface area contributed by atoms with E-state index in [9.17, 15) is 9.59 Å². The highest BCUT2D eigenvalue weighted by Gasteiger charge is 2.49. The Labute approximate surface area is 174 Å². The Morgan fingerprint density at radius 3 is 2.59 bits per heavy atom. The molecule has 158 valence electrons. The maximum Gasteiger partial charge on any atom is 0.223 e. The first-order chi connectivity index (χ1) is 13.9. The van der Waals surface area contributed by atoms with Crippen LogP contribution in [0, 0.1) is 11.8 Å². The van der Waals surface area contributed by atoms with Crippen molar-refractivity contribution in [1.29, 1.82) is 0 Å². The van der Waals surface area contributed by atoms with Gasteiger partial charge in [-0.25, -0.2) is 0 Å². The van der Waals surface area contributed by atoms with Gasteiger partial charge in [0.1, 0.15) is 0 Å². The van der Waals surface area contributed by atoms with Gasteiger partial charge in [0.15, 0.2) is 0 Å². The highest BCUT2D eigenvalue weighted by molar-refractivity contribution is 5.88. The van der Waals surface area contributed by atoms with Crippen LogP contribution in [0.1, 0.15) is 38.2 Å². The molecule has 3 aliphatic rings. The zero-order valence-electron chi connectivity index (χ0n) is 17.9. The molecule has 2 amide bonds. The molecule has 3 fully saturated rings. The number of benzene rings is 1. The van der Waals surface area contributed by atoms with Crippen LogP contribution in [0.25, 0.3) is 0 Å². The molecule has 0 aliphatic carbocycles. The van der Waals surface area contributed by atoms with E-state index in [1.807, 2.05) is 12.1 Å². The van der Waals surface area contributed by atoms with Crippen molar-refractivity contribution in [3.63, 3.8) is 0 Å². The molecular formula is C23H34N4O2. The van der Waals surface area contributed by atoms with Crippen molar-refractivity contribution in [1.82, 2.24) is 14.7 Å². The second kappa shape index (κ2) is 8.44. The van der Waals surface area contributed by atoms with Crippen molar-refractivity contribution in [3.8, 4) is 0 Å². The summed E-state index contributed by atoms with van der Waals surface area (Å²) in [5, 5.41) is 2.83. The second-order valence-corrected chi connectivity index (χ2v) is 9.42. The third-order valence-electron chi connectivity index (χ3n) is 6.81. The summed E-state index contributed by atoms with van der Waals surface area (Å²) in [4.78, 5) is 31.1. The van der Waals surface area contributed by atoms with Crippen molar-refractivity contribution in [2.75, 3.05) is 39.0 Å². The molecule has 1 N–H and O–H groups in total. The first-order valence-electron chi connectivity index (χ1n) is 11.0. The number of hydrogen-bond acceptors (Lipinski definition) is 4. The van der Waals surface area contributed by atoms with Crippen molar-refractivity contribution in [2.24, 2.45) is 11.8 Å². The fraction of sp³-hybridized carbons (Fsp3) is 0.652. The molecule has 1 aromatic carbocycles. The number of piperidine rings is 3. The lowest BCUT2D eigenvalue weighted by atomic mass is 9.72. The third-order valence-corrected chi connectivity index (χ3v) is 6.81. The molecule has 4 atom stereocenters. The molecule has 3 saturated heterocycles. The van der Waals surface area contributed by atoms with Crippen LogP contribution in [0.3, 0.4) is 0 Å². The molecule has 0 saturated carbocycles. The van der Waals surface area contributed by atoms with Gasteiger partial charge >= 0.3 is 0 Å². The summed E-state index contributed by atoms with van der Waals surface area (Å²) in [5.41, 5.74) is 2.12. The van der Waals surface area contributed by atoms with Gasteiger partial charge in [-0.05, 0) is 62.9 Å². The van der Waals surface area contributed by atoms with Crippen molar-refractivity contribution in [2.45, 2.75) is 51.2 Å². The highest BCUT2D eigenvalue weighted by Crippen LogP contribution is 2.42. The molecule has 2 bridgehead atoms. The summed E-state index contributed by atoms with van der Waals surface area (Å²) in [7, 11) is 4.24. The number of nitrogens with zero attached hydrogens (tertiary/aromatic N) is 3. The fourth-order valence-corrected chi connectivity index (χ4v) is 5.76. The predicted octanol–water partition coefficient (Wildman–Crippen LogP) is 2.41. The number of hydrogen-bond donors (Lipinski definition) is 1. The maximum absolute atomic E-state index is 12.8. The lowest BCUT2D eigenvalue weighted by Crippen LogP contribution is -2.66. The average Bonchev–Trinajstić information content (AvgIpc) is 2.66. The quantitative estimate of drug-likeness (QED) is 0.828. The lowest BCUT2D eigenvalue weighted by molar-refractivity contribution is -0.153. The number of likely N-dealkylation sites (tertiary alicyclic amines) is 1.